The van der Waals surface area contributed by atoms with E-state index in [0.29, 0.717) is 18.5 Å². The lowest BCUT2D eigenvalue weighted by atomic mass is 10.1. The molecule has 0 heterocycles. The molecule has 0 unspecified atom stereocenters. The van der Waals surface area contributed by atoms with Crippen LogP contribution in [-0.4, -0.2) is 17.0 Å². The fourth-order valence-corrected chi connectivity index (χ4v) is 1.78. The smallest absolute Gasteiger partial charge is 0.319 e. The molecule has 2 N–H and O–H groups in total. The zero-order valence-electron chi connectivity index (χ0n) is 9.91. The van der Waals surface area contributed by atoms with Crippen molar-refractivity contribution in [2.45, 2.75) is 26.7 Å². The van der Waals surface area contributed by atoms with Crippen molar-refractivity contribution in [2.24, 2.45) is 5.41 Å². The van der Waals surface area contributed by atoms with Gasteiger partial charge in [0.15, 0.2) is 0 Å². The van der Waals surface area contributed by atoms with E-state index in [1.165, 1.54) is 0 Å². The Hall–Kier alpha value is -1.84. The Bertz CT molecular complexity index is 489. The number of amides is 1. The molecule has 0 spiro atoms. The van der Waals surface area contributed by atoms with Crippen molar-refractivity contribution >= 4 is 17.6 Å². The van der Waals surface area contributed by atoms with Crippen molar-refractivity contribution in [3.8, 4) is 0 Å². The predicted octanol–water partition coefficient (Wildman–Crippen LogP) is 2.11. The Morgan fingerprint density at radius 1 is 1.29 bits per heavy atom. The summed E-state index contributed by atoms with van der Waals surface area (Å²) in [6, 6.07) is 5.71. The number of anilines is 1. The van der Waals surface area contributed by atoms with E-state index >= 15 is 0 Å². The molecule has 1 fully saturated rings. The van der Waals surface area contributed by atoms with Gasteiger partial charge < -0.3 is 10.4 Å². The number of carbonyl (C=O) groups excluding carboxylic acids is 1. The molecule has 4 nitrogen and oxygen atoms in total. The molecular formula is C13H15NO3. The average Bonchev–Trinajstić information content (AvgIpc) is 3.04. The van der Waals surface area contributed by atoms with E-state index in [0.717, 1.165) is 11.1 Å². The van der Waals surface area contributed by atoms with Gasteiger partial charge in [-0.05, 0) is 43.9 Å². The van der Waals surface area contributed by atoms with Gasteiger partial charge in [-0.1, -0.05) is 12.1 Å². The molecule has 1 saturated carbocycles. The number of carboxylic acids is 1. The van der Waals surface area contributed by atoms with Crippen LogP contribution in [0.5, 0.6) is 0 Å². The molecule has 1 aromatic carbocycles. The average molecular weight is 233 g/mol. The molecule has 1 aromatic rings. The van der Waals surface area contributed by atoms with Crippen molar-refractivity contribution in [2.75, 3.05) is 5.32 Å². The molecule has 0 atom stereocenters. The van der Waals surface area contributed by atoms with Crippen LogP contribution in [0.2, 0.25) is 0 Å². The lowest BCUT2D eigenvalue weighted by Crippen LogP contribution is -2.31. The summed E-state index contributed by atoms with van der Waals surface area (Å²) in [5.74, 6) is -1.43. The number of benzene rings is 1. The number of carbonyl (C=O) groups is 2. The second-order valence-electron chi connectivity index (χ2n) is 4.66. The van der Waals surface area contributed by atoms with Crippen LogP contribution in [-0.2, 0) is 9.59 Å². The first-order valence-electron chi connectivity index (χ1n) is 5.58. The van der Waals surface area contributed by atoms with Crippen molar-refractivity contribution in [3.63, 3.8) is 0 Å². The van der Waals surface area contributed by atoms with Crippen molar-refractivity contribution in [1.29, 1.82) is 0 Å². The van der Waals surface area contributed by atoms with Gasteiger partial charge in [-0.3, -0.25) is 9.59 Å². The van der Waals surface area contributed by atoms with Crippen molar-refractivity contribution in [1.82, 2.24) is 0 Å². The van der Waals surface area contributed by atoms with Gasteiger partial charge in [0.25, 0.3) is 0 Å². The summed E-state index contributed by atoms with van der Waals surface area (Å²) in [6.07, 6.45) is 0.859. The number of aryl methyl sites for hydroxylation is 2. The Balaban J connectivity index is 2.19. The quantitative estimate of drug-likeness (QED) is 0.786. The second kappa shape index (κ2) is 3.87. The summed E-state index contributed by atoms with van der Waals surface area (Å²) in [5, 5.41) is 11.7. The lowest BCUT2D eigenvalue weighted by molar-refractivity contribution is -0.147. The molecule has 0 bridgehead atoms. The predicted molar refractivity (Wildman–Crippen MR) is 63.8 cm³/mol. The number of carboxylic acid groups (broad SMARTS) is 1. The highest BCUT2D eigenvalue weighted by molar-refractivity contribution is 6.11. The third-order valence-electron chi connectivity index (χ3n) is 3.24. The van der Waals surface area contributed by atoms with Crippen molar-refractivity contribution in [3.05, 3.63) is 29.3 Å². The van der Waals surface area contributed by atoms with Crippen LogP contribution < -0.4 is 5.32 Å². The van der Waals surface area contributed by atoms with Gasteiger partial charge in [0.1, 0.15) is 5.41 Å². The van der Waals surface area contributed by atoms with E-state index < -0.39 is 17.3 Å². The van der Waals surface area contributed by atoms with E-state index in [2.05, 4.69) is 5.32 Å². The summed E-state index contributed by atoms with van der Waals surface area (Å²) in [5.41, 5.74) is 1.48. The summed E-state index contributed by atoms with van der Waals surface area (Å²) in [6.45, 7) is 3.81. The summed E-state index contributed by atoms with van der Waals surface area (Å²) < 4.78 is 0. The molecule has 2 rings (SSSR count). The Labute approximate surface area is 99.6 Å². The first kappa shape index (κ1) is 11.6. The minimum Gasteiger partial charge on any atom is -0.480 e. The molecular weight excluding hydrogens is 218 g/mol. The monoisotopic (exact) mass is 233 g/mol. The first-order chi connectivity index (χ1) is 7.95. The fraction of sp³-hybridized carbons (Fsp3) is 0.385. The molecule has 0 aliphatic heterocycles. The van der Waals surface area contributed by atoms with Crippen LogP contribution in [0, 0.1) is 19.3 Å². The molecule has 1 aliphatic carbocycles. The zero-order valence-corrected chi connectivity index (χ0v) is 9.91. The summed E-state index contributed by atoms with van der Waals surface area (Å²) >= 11 is 0. The Morgan fingerprint density at radius 2 is 1.94 bits per heavy atom. The standard InChI is InChI=1S/C13H15NO3/c1-8-3-4-9(2)10(7-8)14-11(15)13(5-6-13)12(16)17/h3-4,7H,5-6H2,1-2H3,(H,14,15)(H,16,17). The van der Waals surface area contributed by atoms with E-state index in [-0.39, 0.29) is 0 Å². The minimum absolute atomic E-state index is 0.404. The maximum Gasteiger partial charge on any atom is 0.319 e. The minimum atomic E-state index is -1.18. The van der Waals surface area contributed by atoms with Gasteiger partial charge in [-0.25, -0.2) is 0 Å². The number of rotatable bonds is 3. The van der Waals surface area contributed by atoms with E-state index in [9.17, 15) is 9.59 Å². The number of aliphatic carboxylic acids is 1. The maximum atomic E-state index is 11.9. The van der Waals surface area contributed by atoms with Gasteiger partial charge in [0, 0.05) is 5.69 Å². The summed E-state index contributed by atoms with van der Waals surface area (Å²) in [4.78, 5) is 22.9. The highest BCUT2D eigenvalue weighted by atomic mass is 16.4. The Morgan fingerprint density at radius 3 is 2.47 bits per heavy atom. The molecule has 90 valence electrons. The van der Waals surface area contributed by atoms with E-state index in [4.69, 9.17) is 5.11 Å². The highest BCUT2D eigenvalue weighted by Crippen LogP contribution is 2.46. The largest absolute Gasteiger partial charge is 0.480 e. The van der Waals surface area contributed by atoms with Crippen LogP contribution in [0.1, 0.15) is 24.0 Å². The van der Waals surface area contributed by atoms with Crippen LogP contribution in [0.3, 0.4) is 0 Å². The highest BCUT2D eigenvalue weighted by Gasteiger charge is 2.57. The number of nitrogens with one attached hydrogen (secondary N) is 1. The Kier molecular flexibility index (Phi) is 2.65. The van der Waals surface area contributed by atoms with Crippen LogP contribution >= 0.6 is 0 Å². The van der Waals surface area contributed by atoms with Gasteiger partial charge in [-0.2, -0.15) is 0 Å². The van der Waals surface area contributed by atoms with Gasteiger partial charge in [0.2, 0.25) is 5.91 Å². The van der Waals surface area contributed by atoms with Gasteiger partial charge >= 0.3 is 5.97 Å². The topological polar surface area (TPSA) is 66.4 Å². The van der Waals surface area contributed by atoms with Crippen molar-refractivity contribution < 1.29 is 14.7 Å². The third-order valence-corrected chi connectivity index (χ3v) is 3.24. The molecule has 0 radical (unpaired) electrons. The summed E-state index contributed by atoms with van der Waals surface area (Å²) in [7, 11) is 0. The first-order valence-corrected chi connectivity index (χ1v) is 5.58. The van der Waals surface area contributed by atoms with E-state index in [1.54, 1.807) is 0 Å². The molecule has 0 saturated heterocycles. The van der Waals surface area contributed by atoms with Crippen LogP contribution in [0.15, 0.2) is 18.2 Å². The fourth-order valence-electron chi connectivity index (χ4n) is 1.78. The molecule has 0 aromatic heterocycles. The zero-order chi connectivity index (χ0) is 12.6. The second-order valence-corrected chi connectivity index (χ2v) is 4.66. The molecule has 4 heteroatoms. The normalized spacial score (nSPS) is 16.4. The molecule has 1 amide bonds. The van der Waals surface area contributed by atoms with Crippen LogP contribution in [0.4, 0.5) is 5.69 Å². The molecule has 17 heavy (non-hydrogen) atoms. The maximum absolute atomic E-state index is 11.9. The lowest BCUT2D eigenvalue weighted by Gasteiger charge is -2.13. The van der Waals surface area contributed by atoms with E-state index in [1.807, 2.05) is 32.0 Å². The number of hydrogen-bond donors (Lipinski definition) is 2. The molecule has 1 aliphatic rings. The van der Waals surface area contributed by atoms with Gasteiger partial charge in [-0.15, -0.1) is 0 Å². The number of hydrogen-bond acceptors (Lipinski definition) is 2. The third kappa shape index (κ3) is 2.02. The van der Waals surface area contributed by atoms with Crippen LogP contribution in [0.25, 0.3) is 0 Å². The SMILES string of the molecule is Cc1ccc(C)c(NC(=O)C2(C(=O)O)CC2)c1. The van der Waals surface area contributed by atoms with Gasteiger partial charge in [0.05, 0.1) is 0 Å².